The lowest BCUT2D eigenvalue weighted by molar-refractivity contribution is -0.119. The molecule has 0 spiro atoms. The average Bonchev–Trinajstić information content (AvgIpc) is 2.38. The number of hydrogen-bond donors (Lipinski definition) is 1. The van der Waals surface area contributed by atoms with Crippen LogP contribution >= 0.6 is 11.8 Å². The van der Waals surface area contributed by atoms with E-state index >= 15 is 0 Å². The Hall–Kier alpha value is -1.00. The molecule has 1 aromatic carbocycles. The Morgan fingerprint density at radius 3 is 3.06 bits per heavy atom. The molecule has 1 N–H and O–H groups in total. The number of carbonyl (C=O) groups excluding carboxylic acids is 1. The fourth-order valence-electron chi connectivity index (χ4n) is 2.22. The summed E-state index contributed by atoms with van der Waals surface area (Å²) in [7, 11) is 0. The highest BCUT2D eigenvalue weighted by atomic mass is 32.2. The van der Waals surface area contributed by atoms with Gasteiger partial charge in [-0.2, -0.15) is 0 Å². The van der Waals surface area contributed by atoms with E-state index in [1.807, 2.05) is 34.9 Å². The number of nitrogens with one attached hydrogen (secondary N) is 1. The summed E-state index contributed by atoms with van der Waals surface area (Å²) in [5.74, 6) is 1.20. The van der Waals surface area contributed by atoms with Gasteiger partial charge in [-0.15, -0.1) is 11.8 Å². The molecule has 1 unspecified atom stereocenters. The van der Waals surface area contributed by atoms with Gasteiger partial charge in [0.25, 0.3) is 0 Å². The van der Waals surface area contributed by atoms with Crippen molar-refractivity contribution in [1.29, 1.82) is 0 Å². The van der Waals surface area contributed by atoms with Crippen molar-refractivity contribution in [3.8, 4) is 0 Å². The normalized spacial score (nSPS) is 16.2. The van der Waals surface area contributed by atoms with Gasteiger partial charge in [-0.25, -0.2) is 0 Å². The van der Waals surface area contributed by atoms with Gasteiger partial charge in [0.05, 0.1) is 5.69 Å². The molecule has 2 rings (SSSR count). The minimum atomic E-state index is 0.219. The maximum absolute atomic E-state index is 12.3. The first kappa shape index (κ1) is 13.4. The highest BCUT2D eigenvalue weighted by Crippen LogP contribution is 2.34. The van der Waals surface area contributed by atoms with Crippen molar-refractivity contribution in [3.05, 3.63) is 24.3 Å². The predicted octanol–water partition coefficient (Wildman–Crippen LogP) is 2.51. The van der Waals surface area contributed by atoms with E-state index in [4.69, 9.17) is 0 Å². The number of benzene rings is 1. The second kappa shape index (κ2) is 6.25. The molecule has 0 aliphatic carbocycles. The number of carbonyl (C=O) groups is 1. The van der Waals surface area contributed by atoms with E-state index in [9.17, 15) is 4.79 Å². The molecule has 1 aromatic rings. The molecule has 0 fully saturated rings. The topological polar surface area (TPSA) is 32.3 Å². The summed E-state index contributed by atoms with van der Waals surface area (Å²) in [6.45, 7) is 5.85. The third-order valence-corrected chi connectivity index (χ3v) is 4.11. The standard InChI is InChI=1S/C14H20N2OS/c1-3-15-11(2)10-14(17)16-8-9-18-13-7-5-4-6-12(13)16/h4-7,11,15H,3,8-10H2,1-2H3. The van der Waals surface area contributed by atoms with Crippen LogP contribution in [-0.2, 0) is 4.79 Å². The zero-order valence-electron chi connectivity index (χ0n) is 11.0. The van der Waals surface area contributed by atoms with E-state index in [0.717, 1.165) is 24.5 Å². The first-order chi connectivity index (χ1) is 8.72. The molecule has 0 radical (unpaired) electrons. The van der Waals surface area contributed by atoms with Gasteiger partial charge in [-0.05, 0) is 25.6 Å². The number of fused-ring (bicyclic) bond motifs is 1. The van der Waals surface area contributed by atoms with Crippen LogP contribution in [0.4, 0.5) is 5.69 Å². The highest BCUT2D eigenvalue weighted by molar-refractivity contribution is 7.99. The van der Waals surface area contributed by atoms with Crippen LogP contribution in [0.5, 0.6) is 0 Å². The first-order valence-electron chi connectivity index (χ1n) is 6.48. The largest absolute Gasteiger partial charge is 0.314 e. The Morgan fingerprint density at radius 1 is 1.50 bits per heavy atom. The third-order valence-electron chi connectivity index (χ3n) is 3.06. The van der Waals surface area contributed by atoms with Crippen LogP contribution in [0.2, 0.25) is 0 Å². The molecule has 1 amide bonds. The second-order valence-corrected chi connectivity index (χ2v) is 5.66. The van der Waals surface area contributed by atoms with Gasteiger partial charge in [0.15, 0.2) is 0 Å². The van der Waals surface area contributed by atoms with E-state index in [1.165, 1.54) is 4.90 Å². The van der Waals surface area contributed by atoms with Gasteiger partial charge in [-0.3, -0.25) is 4.79 Å². The second-order valence-electron chi connectivity index (χ2n) is 4.52. The van der Waals surface area contributed by atoms with Crippen molar-refractivity contribution in [2.45, 2.75) is 31.2 Å². The number of para-hydroxylation sites is 1. The van der Waals surface area contributed by atoms with E-state index in [1.54, 1.807) is 0 Å². The van der Waals surface area contributed by atoms with Crippen molar-refractivity contribution >= 4 is 23.4 Å². The van der Waals surface area contributed by atoms with Gasteiger partial charge < -0.3 is 10.2 Å². The van der Waals surface area contributed by atoms with Crippen LogP contribution in [0.1, 0.15) is 20.3 Å². The summed E-state index contributed by atoms with van der Waals surface area (Å²) >= 11 is 1.83. The summed E-state index contributed by atoms with van der Waals surface area (Å²) in [5, 5.41) is 3.29. The zero-order valence-corrected chi connectivity index (χ0v) is 11.8. The monoisotopic (exact) mass is 264 g/mol. The molecule has 1 atom stereocenters. The maximum atomic E-state index is 12.3. The molecule has 1 aliphatic heterocycles. The molecule has 0 saturated heterocycles. The molecule has 18 heavy (non-hydrogen) atoms. The fraction of sp³-hybridized carbons (Fsp3) is 0.500. The van der Waals surface area contributed by atoms with Crippen molar-refractivity contribution in [3.63, 3.8) is 0 Å². The number of hydrogen-bond acceptors (Lipinski definition) is 3. The van der Waals surface area contributed by atoms with E-state index in [-0.39, 0.29) is 11.9 Å². The molecule has 4 heteroatoms. The smallest absolute Gasteiger partial charge is 0.228 e. The van der Waals surface area contributed by atoms with Crippen LogP contribution in [0.25, 0.3) is 0 Å². The van der Waals surface area contributed by atoms with Crippen LogP contribution in [0.15, 0.2) is 29.2 Å². The van der Waals surface area contributed by atoms with Crippen LogP contribution in [0, 0.1) is 0 Å². The van der Waals surface area contributed by atoms with Crippen molar-refractivity contribution in [2.24, 2.45) is 0 Å². The molecule has 0 aromatic heterocycles. The minimum absolute atomic E-state index is 0.219. The van der Waals surface area contributed by atoms with Crippen molar-refractivity contribution in [1.82, 2.24) is 5.32 Å². The summed E-state index contributed by atoms with van der Waals surface area (Å²) in [4.78, 5) is 15.5. The number of thioether (sulfide) groups is 1. The molecule has 3 nitrogen and oxygen atoms in total. The van der Waals surface area contributed by atoms with Crippen molar-refractivity contribution in [2.75, 3.05) is 23.7 Å². The number of rotatable bonds is 4. The summed E-state index contributed by atoms with van der Waals surface area (Å²) < 4.78 is 0. The molecule has 1 heterocycles. The lowest BCUT2D eigenvalue weighted by atomic mass is 10.2. The van der Waals surface area contributed by atoms with Crippen LogP contribution < -0.4 is 10.2 Å². The quantitative estimate of drug-likeness (QED) is 0.907. The summed E-state index contributed by atoms with van der Waals surface area (Å²) in [6.07, 6.45) is 0.562. The van der Waals surface area contributed by atoms with Crippen LogP contribution in [0.3, 0.4) is 0 Å². The lowest BCUT2D eigenvalue weighted by Crippen LogP contribution is -2.39. The Kier molecular flexibility index (Phi) is 4.66. The molecule has 98 valence electrons. The van der Waals surface area contributed by atoms with Gasteiger partial charge in [0.1, 0.15) is 0 Å². The maximum Gasteiger partial charge on any atom is 0.228 e. The predicted molar refractivity (Wildman–Crippen MR) is 77.3 cm³/mol. The fourth-order valence-corrected chi connectivity index (χ4v) is 3.22. The van der Waals surface area contributed by atoms with E-state index in [2.05, 4.69) is 25.2 Å². The Labute approximate surface area is 113 Å². The van der Waals surface area contributed by atoms with Gasteiger partial charge in [-0.1, -0.05) is 19.1 Å². The average molecular weight is 264 g/mol. The Balaban J connectivity index is 2.08. The molecular formula is C14H20N2OS. The first-order valence-corrected chi connectivity index (χ1v) is 7.46. The number of nitrogens with zero attached hydrogens (tertiary/aromatic N) is 1. The molecular weight excluding hydrogens is 244 g/mol. The highest BCUT2D eigenvalue weighted by Gasteiger charge is 2.23. The van der Waals surface area contributed by atoms with Gasteiger partial charge in [0, 0.05) is 29.7 Å². The Morgan fingerprint density at radius 2 is 2.28 bits per heavy atom. The van der Waals surface area contributed by atoms with E-state index < -0.39 is 0 Å². The summed E-state index contributed by atoms with van der Waals surface area (Å²) in [5.41, 5.74) is 1.07. The van der Waals surface area contributed by atoms with Gasteiger partial charge in [0.2, 0.25) is 5.91 Å². The van der Waals surface area contributed by atoms with Gasteiger partial charge >= 0.3 is 0 Å². The summed E-state index contributed by atoms with van der Waals surface area (Å²) in [6, 6.07) is 8.40. The zero-order chi connectivity index (χ0) is 13.0. The minimum Gasteiger partial charge on any atom is -0.314 e. The number of anilines is 1. The molecule has 0 saturated carbocycles. The third kappa shape index (κ3) is 3.06. The van der Waals surface area contributed by atoms with Crippen molar-refractivity contribution < 1.29 is 4.79 Å². The molecule has 0 bridgehead atoms. The SMILES string of the molecule is CCNC(C)CC(=O)N1CCSc2ccccc21. The lowest BCUT2D eigenvalue weighted by Gasteiger charge is -2.30. The molecule has 1 aliphatic rings. The van der Waals surface area contributed by atoms with E-state index in [0.29, 0.717) is 6.42 Å². The Bertz CT molecular complexity index is 422. The number of amides is 1. The van der Waals surface area contributed by atoms with Crippen LogP contribution in [-0.4, -0.2) is 30.8 Å².